The molecule has 5 nitrogen and oxygen atoms in total. The van der Waals surface area contributed by atoms with Gasteiger partial charge in [-0.15, -0.1) is 0 Å². The molecule has 0 bridgehead atoms. The Labute approximate surface area is 185 Å². The highest BCUT2D eigenvalue weighted by atomic mass is 16.2. The van der Waals surface area contributed by atoms with Crippen LogP contribution in [0.5, 0.6) is 0 Å². The average Bonchev–Trinajstić information content (AvgIpc) is 3.24. The van der Waals surface area contributed by atoms with Crippen molar-refractivity contribution < 1.29 is 9.59 Å². The molecule has 4 rings (SSSR count). The first-order valence-electron chi connectivity index (χ1n) is 11.4. The highest BCUT2D eigenvalue weighted by Gasteiger charge is 2.42. The molecule has 2 amide bonds. The smallest absolute Gasteiger partial charge is 0.228 e. The number of para-hydroxylation sites is 1. The molecule has 2 unspecified atom stereocenters. The molecule has 0 N–H and O–H groups in total. The standard InChI is InChI=1S/C26H33N3O2/c1-4-25(30)29-17-22(21-11-9-19(2)10-12-21)23(18-29)26(31)28-15-13-27(14-16-28)24-8-6-5-7-20(24)3/h5-12,22-23H,4,13-18H2,1-3H3. The summed E-state index contributed by atoms with van der Waals surface area (Å²) in [7, 11) is 0. The van der Waals surface area contributed by atoms with Crippen molar-refractivity contribution in [1.82, 2.24) is 9.80 Å². The number of piperazine rings is 1. The van der Waals surface area contributed by atoms with Crippen LogP contribution in [0.1, 0.15) is 36.0 Å². The Balaban J connectivity index is 1.48. The average molecular weight is 420 g/mol. The Bertz CT molecular complexity index is 932. The summed E-state index contributed by atoms with van der Waals surface area (Å²) in [6, 6.07) is 16.9. The first-order valence-corrected chi connectivity index (χ1v) is 11.4. The van der Waals surface area contributed by atoms with Crippen LogP contribution in [0.3, 0.4) is 0 Å². The van der Waals surface area contributed by atoms with E-state index >= 15 is 0 Å². The molecule has 0 saturated carbocycles. The van der Waals surface area contributed by atoms with Crippen molar-refractivity contribution in [2.75, 3.05) is 44.2 Å². The lowest BCUT2D eigenvalue weighted by Crippen LogP contribution is -2.51. The third-order valence-electron chi connectivity index (χ3n) is 6.85. The van der Waals surface area contributed by atoms with E-state index in [0.29, 0.717) is 19.5 Å². The molecule has 0 aromatic heterocycles. The third kappa shape index (κ3) is 4.46. The molecule has 0 radical (unpaired) electrons. The highest BCUT2D eigenvalue weighted by Crippen LogP contribution is 2.35. The molecule has 2 saturated heterocycles. The van der Waals surface area contributed by atoms with Crippen LogP contribution >= 0.6 is 0 Å². The Morgan fingerprint density at radius 1 is 0.871 bits per heavy atom. The molecule has 2 fully saturated rings. The van der Waals surface area contributed by atoms with Gasteiger partial charge in [0.2, 0.25) is 11.8 Å². The molecular weight excluding hydrogens is 386 g/mol. The van der Waals surface area contributed by atoms with Crippen LogP contribution in [0.2, 0.25) is 0 Å². The maximum atomic E-state index is 13.6. The summed E-state index contributed by atoms with van der Waals surface area (Å²) in [4.78, 5) is 32.3. The number of likely N-dealkylation sites (tertiary alicyclic amines) is 1. The Morgan fingerprint density at radius 2 is 1.55 bits per heavy atom. The summed E-state index contributed by atoms with van der Waals surface area (Å²) in [5, 5.41) is 0. The quantitative estimate of drug-likeness (QED) is 0.761. The number of rotatable bonds is 4. The third-order valence-corrected chi connectivity index (χ3v) is 6.85. The van der Waals surface area contributed by atoms with Gasteiger partial charge in [-0.05, 0) is 31.0 Å². The molecule has 2 atom stereocenters. The molecule has 5 heteroatoms. The number of aryl methyl sites for hydroxylation is 2. The topological polar surface area (TPSA) is 43.9 Å². The van der Waals surface area contributed by atoms with Gasteiger partial charge in [0.1, 0.15) is 0 Å². The minimum absolute atomic E-state index is 0.0676. The van der Waals surface area contributed by atoms with Gasteiger partial charge in [-0.25, -0.2) is 0 Å². The Morgan fingerprint density at radius 3 is 2.19 bits per heavy atom. The fraction of sp³-hybridized carbons (Fsp3) is 0.462. The normalized spacial score (nSPS) is 21.5. The van der Waals surface area contributed by atoms with Crippen molar-refractivity contribution >= 4 is 17.5 Å². The number of hydrogen-bond donors (Lipinski definition) is 0. The maximum absolute atomic E-state index is 13.6. The number of nitrogens with zero attached hydrogens (tertiary/aromatic N) is 3. The monoisotopic (exact) mass is 419 g/mol. The van der Waals surface area contributed by atoms with Gasteiger partial charge >= 0.3 is 0 Å². The lowest BCUT2D eigenvalue weighted by Gasteiger charge is -2.38. The zero-order valence-electron chi connectivity index (χ0n) is 18.9. The second-order valence-corrected chi connectivity index (χ2v) is 8.87. The second kappa shape index (κ2) is 9.13. The number of carbonyl (C=O) groups is 2. The molecule has 164 valence electrons. The zero-order chi connectivity index (χ0) is 22.0. The van der Waals surface area contributed by atoms with Crippen LogP contribution in [0.15, 0.2) is 48.5 Å². The van der Waals surface area contributed by atoms with Gasteiger partial charge in [0.25, 0.3) is 0 Å². The number of anilines is 1. The van der Waals surface area contributed by atoms with Crippen molar-refractivity contribution in [1.29, 1.82) is 0 Å². The van der Waals surface area contributed by atoms with Gasteiger partial charge in [-0.3, -0.25) is 9.59 Å². The van der Waals surface area contributed by atoms with Crippen molar-refractivity contribution in [3.63, 3.8) is 0 Å². The van der Waals surface area contributed by atoms with Gasteiger partial charge in [-0.1, -0.05) is 55.0 Å². The highest BCUT2D eigenvalue weighted by molar-refractivity contribution is 5.83. The first kappa shape index (κ1) is 21.4. The summed E-state index contributed by atoms with van der Waals surface area (Å²) in [5.41, 5.74) is 4.89. The number of carbonyl (C=O) groups excluding carboxylic acids is 2. The van der Waals surface area contributed by atoms with E-state index in [1.165, 1.54) is 16.8 Å². The lowest BCUT2D eigenvalue weighted by atomic mass is 9.87. The predicted molar refractivity (Wildman–Crippen MR) is 124 cm³/mol. The van der Waals surface area contributed by atoms with E-state index in [9.17, 15) is 9.59 Å². The molecule has 2 aromatic rings. The van der Waals surface area contributed by atoms with Crippen molar-refractivity contribution in [3.8, 4) is 0 Å². The minimum Gasteiger partial charge on any atom is -0.368 e. The van der Waals surface area contributed by atoms with E-state index < -0.39 is 0 Å². The van der Waals surface area contributed by atoms with Gasteiger partial charge in [0.05, 0.1) is 5.92 Å². The van der Waals surface area contributed by atoms with Crippen LogP contribution in [0.4, 0.5) is 5.69 Å². The zero-order valence-corrected chi connectivity index (χ0v) is 18.9. The van der Waals surface area contributed by atoms with Gasteiger partial charge < -0.3 is 14.7 Å². The summed E-state index contributed by atoms with van der Waals surface area (Å²) in [6.07, 6.45) is 0.483. The summed E-state index contributed by atoms with van der Waals surface area (Å²) in [6.45, 7) is 10.4. The van der Waals surface area contributed by atoms with E-state index in [-0.39, 0.29) is 23.7 Å². The van der Waals surface area contributed by atoms with Crippen molar-refractivity contribution in [2.24, 2.45) is 5.92 Å². The van der Waals surface area contributed by atoms with Crippen LogP contribution in [0, 0.1) is 19.8 Å². The molecule has 2 aliphatic rings. The summed E-state index contributed by atoms with van der Waals surface area (Å²) < 4.78 is 0. The second-order valence-electron chi connectivity index (χ2n) is 8.87. The fourth-order valence-electron chi connectivity index (χ4n) is 4.95. The Hall–Kier alpha value is -2.82. The van der Waals surface area contributed by atoms with Crippen LogP contribution < -0.4 is 4.90 Å². The SMILES string of the molecule is CCC(=O)N1CC(C(=O)N2CCN(c3ccccc3C)CC2)C(c2ccc(C)cc2)C1. The molecule has 31 heavy (non-hydrogen) atoms. The van der Waals surface area contributed by atoms with E-state index in [1.54, 1.807) is 0 Å². The number of amides is 2. The number of benzene rings is 2. The summed E-state index contributed by atoms with van der Waals surface area (Å²) >= 11 is 0. The molecule has 2 aliphatic heterocycles. The van der Waals surface area contributed by atoms with Crippen molar-refractivity contribution in [3.05, 3.63) is 65.2 Å². The molecular formula is C26H33N3O2. The Kier molecular flexibility index (Phi) is 6.30. The first-order chi connectivity index (χ1) is 15.0. The van der Waals surface area contributed by atoms with Gasteiger partial charge in [-0.2, -0.15) is 0 Å². The molecule has 0 aliphatic carbocycles. The van der Waals surface area contributed by atoms with E-state index in [1.807, 2.05) is 16.7 Å². The largest absolute Gasteiger partial charge is 0.368 e. The van der Waals surface area contributed by atoms with Gasteiger partial charge in [0, 0.05) is 57.3 Å². The fourth-order valence-corrected chi connectivity index (χ4v) is 4.95. The van der Waals surface area contributed by atoms with E-state index in [4.69, 9.17) is 0 Å². The minimum atomic E-state index is -0.164. The van der Waals surface area contributed by atoms with E-state index in [2.05, 4.69) is 67.3 Å². The van der Waals surface area contributed by atoms with Crippen molar-refractivity contribution in [2.45, 2.75) is 33.1 Å². The predicted octanol–water partition coefficient (Wildman–Crippen LogP) is 3.60. The maximum Gasteiger partial charge on any atom is 0.228 e. The van der Waals surface area contributed by atoms with Crippen LogP contribution in [-0.4, -0.2) is 60.9 Å². The van der Waals surface area contributed by atoms with E-state index in [0.717, 1.165) is 31.7 Å². The molecule has 0 spiro atoms. The lowest BCUT2D eigenvalue weighted by molar-refractivity contribution is -0.136. The number of hydrogen-bond acceptors (Lipinski definition) is 3. The summed E-state index contributed by atoms with van der Waals surface area (Å²) in [5.74, 6) is 0.236. The van der Waals surface area contributed by atoms with Gasteiger partial charge in [0.15, 0.2) is 0 Å². The molecule has 2 aromatic carbocycles. The van der Waals surface area contributed by atoms with Crippen LogP contribution in [-0.2, 0) is 9.59 Å². The molecule has 2 heterocycles. The van der Waals surface area contributed by atoms with Crippen LogP contribution in [0.25, 0.3) is 0 Å².